The largest absolute Gasteiger partial charge is 0.359 e. The quantitative estimate of drug-likeness (QED) is 0.496. The molecule has 3 fully saturated rings. The van der Waals surface area contributed by atoms with Crippen LogP contribution < -0.4 is 0 Å². The minimum atomic E-state index is -2.06. The van der Waals surface area contributed by atoms with Crippen LogP contribution in [-0.2, 0) is 4.74 Å². The molecule has 2 nitrogen and oxygen atoms in total. The van der Waals surface area contributed by atoms with Crippen LogP contribution in [0.25, 0.3) is 10.8 Å². The zero-order valence-electron chi connectivity index (χ0n) is 22.9. The summed E-state index contributed by atoms with van der Waals surface area (Å²) in [6.07, 6.45) is 13.3. The zero-order valence-corrected chi connectivity index (χ0v) is 19.9. The zero-order chi connectivity index (χ0) is 24.9. The van der Waals surface area contributed by atoms with Crippen LogP contribution in [0, 0.1) is 11.3 Å². The van der Waals surface area contributed by atoms with Crippen LogP contribution in [0.3, 0.4) is 0 Å². The molecule has 0 aromatic heterocycles. The number of ether oxygens (including phenoxy) is 1. The molecule has 1 saturated heterocycles. The van der Waals surface area contributed by atoms with Gasteiger partial charge >= 0.3 is 0 Å². The van der Waals surface area contributed by atoms with E-state index in [-0.39, 0.29) is 22.7 Å². The monoisotopic (exact) mass is 442 g/mol. The molecule has 2 aliphatic heterocycles. The maximum absolute atomic E-state index is 7.95. The fraction of sp³-hybridized carbons (Fsp3) is 0.548. The van der Waals surface area contributed by atoms with Gasteiger partial charge in [0, 0.05) is 10.2 Å². The minimum absolute atomic E-state index is 0.0410. The van der Waals surface area contributed by atoms with Crippen LogP contribution >= 0.6 is 0 Å². The first-order valence-corrected chi connectivity index (χ1v) is 13.0. The van der Waals surface area contributed by atoms with Crippen LogP contribution in [0.5, 0.6) is 0 Å². The molecular weight excluding hydrogens is 402 g/mol. The molecule has 6 atom stereocenters. The highest BCUT2D eigenvalue weighted by Gasteiger charge is 2.66. The van der Waals surface area contributed by atoms with Crippen molar-refractivity contribution in [2.75, 3.05) is 14.0 Å². The van der Waals surface area contributed by atoms with Crippen molar-refractivity contribution in [3.05, 3.63) is 71.3 Å². The second kappa shape index (κ2) is 6.83. The lowest BCUT2D eigenvalue weighted by Crippen LogP contribution is -2.55. The highest BCUT2D eigenvalue weighted by atomic mass is 16.5. The Kier molecular flexibility index (Phi) is 3.63. The summed E-state index contributed by atoms with van der Waals surface area (Å²) in [4.78, 5) is 1.62. The van der Waals surface area contributed by atoms with E-state index in [1.165, 1.54) is 40.3 Å². The molecule has 7 rings (SSSR count). The molecule has 1 unspecified atom stereocenters. The lowest BCUT2D eigenvalue weighted by atomic mass is 9.58. The summed E-state index contributed by atoms with van der Waals surface area (Å²) in [6.45, 7) is 0.465. The normalized spacial score (nSPS) is 43.1. The van der Waals surface area contributed by atoms with Crippen molar-refractivity contribution in [3.63, 3.8) is 0 Å². The molecule has 0 radical (unpaired) electrons. The van der Waals surface area contributed by atoms with E-state index in [4.69, 9.17) is 8.85 Å². The Bertz CT molecular complexity index is 1300. The fourth-order valence-corrected chi connectivity index (χ4v) is 8.69. The Balaban J connectivity index is 1.24. The van der Waals surface area contributed by atoms with Crippen LogP contribution in [-0.4, -0.2) is 36.2 Å². The first-order chi connectivity index (χ1) is 17.1. The first kappa shape index (κ1) is 17.5. The molecule has 2 heteroatoms. The third-order valence-electron chi connectivity index (χ3n) is 10.4. The summed E-state index contributed by atoms with van der Waals surface area (Å²) >= 11 is 0. The Labute approximate surface area is 202 Å². The van der Waals surface area contributed by atoms with Crippen molar-refractivity contribution in [2.24, 2.45) is 11.3 Å². The second-order valence-electron chi connectivity index (χ2n) is 11.8. The van der Waals surface area contributed by atoms with Crippen molar-refractivity contribution >= 4 is 10.8 Å². The van der Waals surface area contributed by atoms with Gasteiger partial charge in [0.25, 0.3) is 0 Å². The molecule has 5 aliphatic rings. The summed E-state index contributed by atoms with van der Waals surface area (Å²) in [5, 5.41) is 2.64. The SMILES string of the molecule is [2H]C([2H])([2H])N(C)[C@@H]1CCC2=CC3=CC[C@]4(C)[C@@H](c5ccc6ccccc6c5)CC[C@H]4[C@@]34CCC2(C1)O4. The van der Waals surface area contributed by atoms with E-state index < -0.39 is 6.98 Å². The molecular formula is C31H37NO. The molecule has 2 aromatic rings. The molecule has 2 spiro atoms. The third-order valence-corrected chi connectivity index (χ3v) is 10.4. The van der Waals surface area contributed by atoms with Gasteiger partial charge in [-0.25, -0.2) is 0 Å². The number of benzene rings is 2. The van der Waals surface area contributed by atoms with Gasteiger partial charge < -0.3 is 9.64 Å². The number of rotatable bonds is 2. The van der Waals surface area contributed by atoms with Gasteiger partial charge in [0.05, 0.1) is 11.2 Å². The number of fused-ring (bicyclic) bond motifs is 2. The van der Waals surface area contributed by atoms with Gasteiger partial charge in [0.1, 0.15) is 0 Å². The lowest BCUT2D eigenvalue weighted by molar-refractivity contribution is -0.139. The van der Waals surface area contributed by atoms with Gasteiger partial charge in [-0.1, -0.05) is 61.5 Å². The topological polar surface area (TPSA) is 12.5 Å². The van der Waals surface area contributed by atoms with E-state index in [9.17, 15) is 0 Å². The molecule has 3 aliphatic carbocycles. The number of hydrogen-bond donors (Lipinski definition) is 0. The predicted molar refractivity (Wildman–Crippen MR) is 135 cm³/mol. The van der Waals surface area contributed by atoms with Crippen molar-refractivity contribution in [3.8, 4) is 0 Å². The maximum atomic E-state index is 7.95. The van der Waals surface area contributed by atoms with E-state index in [0.717, 1.165) is 38.5 Å². The number of allylic oxidation sites excluding steroid dienone is 1. The molecule has 172 valence electrons. The molecule has 2 aromatic carbocycles. The van der Waals surface area contributed by atoms with Crippen LogP contribution in [0.1, 0.15) is 73.9 Å². The van der Waals surface area contributed by atoms with Crippen molar-refractivity contribution in [2.45, 2.75) is 81.5 Å². The Hall–Kier alpha value is -1.90. The highest BCUT2D eigenvalue weighted by Crippen LogP contribution is 2.69. The molecule has 2 heterocycles. The Morgan fingerprint density at radius 1 is 1.06 bits per heavy atom. The van der Waals surface area contributed by atoms with Crippen molar-refractivity contribution in [1.82, 2.24) is 4.90 Å². The number of nitrogens with zero attached hydrogens (tertiary/aromatic N) is 1. The molecule has 2 bridgehead atoms. The highest BCUT2D eigenvalue weighted by molar-refractivity contribution is 5.83. The van der Waals surface area contributed by atoms with E-state index in [1.807, 2.05) is 0 Å². The van der Waals surface area contributed by atoms with Crippen molar-refractivity contribution < 1.29 is 8.85 Å². The lowest BCUT2D eigenvalue weighted by Gasteiger charge is -2.54. The van der Waals surface area contributed by atoms with Gasteiger partial charge in [-0.3, -0.25) is 0 Å². The molecule has 0 amide bonds. The Morgan fingerprint density at radius 2 is 1.94 bits per heavy atom. The summed E-state index contributed by atoms with van der Waals surface area (Å²) in [6, 6.07) is 15.8. The van der Waals surface area contributed by atoms with Crippen LogP contribution in [0.4, 0.5) is 0 Å². The average Bonchev–Trinajstić information content (AvgIpc) is 3.37. The summed E-state index contributed by atoms with van der Waals surface area (Å²) in [7, 11) is 1.77. The van der Waals surface area contributed by atoms with Gasteiger partial charge in [-0.2, -0.15) is 0 Å². The van der Waals surface area contributed by atoms with E-state index in [1.54, 1.807) is 11.9 Å². The fourth-order valence-electron chi connectivity index (χ4n) is 8.69. The first-order valence-electron chi connectivity index (χ1n) is 14.5. The number of hydrogen-bond acceptors (Lipinski definition) is 2. The molecule has 2 saturated carbocycles. The Morgan fingerprint density at radius 3 is 2.82 bits per heavy atom. The summed E-state index contributed by atoms with van der Waals surface area (Å²) in [5.74, 6) is 1.03. The molecule has 33 heavy (non-hydrogen) atoms. The standard InChI is InChI=1S/C31H37NO/c1-29-15-14-25-19-24-10-11-26(32(2)3)20-30(24)16-17-31(25,33-30)28(29)13-12-27(29)23-9-8-21-6-4-5-7-22(21)18-23/h4-9,14,18-19,26-28H,10-13,15-17,20H2,1-3H3/t26-,27-,28-,29-,30?,31-/m1/s1/i2D3. The van der Waals surface area contributed by atoms with E-state index in [2.05, 4.69) is 61.5 Å². The smallest absolute Gasteiger partial charge is 0.0974 e. The summed E-state index contributed by atoms with van der Waals surface area (Å²) < 4.78 is 31.2. The van der Waals surface area contributed by atoms with Gasteiger partial charge in [-0.15, -0.1) is 0 Å². The molecule has 0 N–H and O–H groups in total. The third kappa shape index (κ3) is 2.68. The van der Waals surface area contributed by atoms with Crippen LogP contribution in [0.2, 0.25) is 0 Å². The minimum Gasteiger partial charge on any atom is -0.359 e. The van der Waals surface area contributed by atoms with E-state index in [0.29, 0.717) is 11.8 Å². The predicted octanol–water partition coefficient (Wildman–Crippen LogP) is 7.01. The average molecular weight is 443 g/mol. The van der Waals surface area contributed by atoms with Gasteiger partial charge in [0.2, 0.25) is 0 Å². The van der Waals surface area contributed by atoms with E-state index >= 15 is 0 Å². The second-order valence-corrected chi connectivity index (χ2v) is 11.8. The maximum Gasteiger partial charge on any atom is 0.0974 e. The van der Waals surface area contributed by atoms with Crippen molar-refractivity contribution in [1.29, 1.82) is 0 Å². The van der Waals surface area contributed by atoms with Gasteiger partial charge in [-0.05, 0) is 110 Å². The summed E-state index contributed by atoms with van der Waals surface area (Å²) in [5.41, 5.74) is 4.01. The van der Waals surface area contributed by atoms with Gasteiger partial charge in [0.15, 0.2) is 0 Å². The van der Waals surface area contributed by atoms with Crippen LogP contribution in [0.15, 0.2) is 65.8 Å².